The van der Waals surface area contributed by atoms with Crippen molar-refractivity contribution in [2.24, 2.45) is 0 Å². The van der Waals surface area contributed by atoms with Gasteiger partial charge in [-0.2, -0.15) is 5.26 Å². The first-order valence-corrected chi connectivity index (χ1v) is 14.2. The van der Waals surface area contributed by atoms with Gasteiger partial charge in [0.05, 0.1) is 16.6 Å². The Labute approximate surface area is 243 Å². The lowest BCUT2D eigenvalue weighted by atomic mass is 9.97. The van der Waals surface area contributed by atoms with E-state index in [4.69, 9.17) is 32.9 Å². The van der Waals surface area contributed by atoms with Gasteiger partial charge in [-0.3, -0.25) is 9.30 Å². The lowest BCUT2D eigenvalue weighted by Crippen LogP contribution is -2.48. The number of fused-ring (bicyclic) bond motifs is 3. The zero-order valence-corrected chi connectivity index (χ0v) is 23.8. The molecule has 202 valence electrons. The Morgan fingerprint density at radius 1 is 0.900 bits per heavy atom. The summed E-state index contributed by atoms with van der Waals surface area (Å²) < 4.78 is 8.14. The molecule has 0 aliphatic carbocycles. The van der Waals surface area contributed by atoms with Gasteiger partial charge in [0.15, 0.2) is 5.65 Å². The highest BCUT2D eigenvalue weighted by molar-refractivity contribution is 6.30. The Hall–Kier alpha value is -3.76. The van der Waals surface area contributed by atoms with Crippen molar-refractivity contribution >= 4 is 45.7 Å². The second-order valence-corrected chi connectivity index (χ2v) is 11.0. The van der Waals surface area contributed by atoms with Crippen LogP contribution in [0.25, 0.3) is 16.7 Å². The molecule has 5 aromatic rings. The molecule has 8 heteroatoms. The number of hydrogen-bond donors (Lipinski definition) is 0. The van der Waals surface area contributed by atoms with Crippen LogP contribution in [0.3, 0.4) is 0 Å². The van der Waals surface area contributed by atoms with Gasteiger partial charge in [-0.1, -0.05) is 47.5 Å². The molecule has 1 aliphatic rings. The molecule has 0 N–H and O–H groups in total. The molecule has 40 heavy (non-hydrogen) atoms. The summed E-state index contributed by atoms with van der Waals surface area (Å²) in [6.45, 7) is 7.08. The van der Waals surface area contributed by atoms with Crippen LogP contribution in [-0.4, -0.2) is 53.6 Å². The largest absolute Gasteiger partial charge is 0.492 e. The summed E-state index contributed by atoms with van der Waals surface area (Å²) in [6.07, 6.45) is 0.699. The van der Waals surface area contributed by atoms with Crippen LogP contribution in [-0.2, 0) is 6.42 Å². The molecule has 6 rings (SSSR count). The summed E-state index contributed by atoms with van der Waals surface area (Å²) >= 11 is 12.2. The molecular formula is C32H29Cl2N5O. The Bertz CT molecular complexity index is 1700. The quantitative estimate of drug-likeness (QED) is 0.216. The van der Waals surface area contributed by atoms with Gasteiger partial charge in [-0.25, -0.2) is 4.98 Å². The van der Waals surface area contributed by atoms with Gasteiger partial charge < -0.3 is 9.64 Å². The first kappa shape index (κ1) is 26.5. The molecular weight excluding hydrogens is 541 g/mol. The van der Waals surface area contributed by atoms with E-state index in [1.807, 2.05) is 54.6 Å². The van der Waals surface area contributed by atoms with Crippen molar-refractivity contribution in [3.63, 3.8) is 0 Å². The van der Waals surface area contributed by atoms with Gasteiger partial charge >= 0.3 is 0 Å². The molecule has 2 aromatic heterocycles. The predicted molar refractivity (Wildman–Crippen MR) is 162 cm³/mol. The van der Waals surface area contributed by atoms with Crippen LogP contribution in [0.2, 0.25) is 10.0 Å². The Kier molecular flexibility index (Phi) is 7.53. The summed E-state index contributed by atoms with van der Waals surface area (Å²) in [5.74, 6) is 1.95. The summed E-state index contributed by atoms with van der Waals surface area (Å²) in [4.78, 5) is 9.80. The van der Waals surface area contributed by atoms with E-state index in [2.05, 4.69) is 45.4 Å². The molecule has 3 aromatic carbocycles. The molecule has 0 atom stereocenters. The van der Waals surface area contributed by atoms with E-state index in [0.29, 0.717) is 28.6 Å². The van der Waals surface area contributed by atoms with E-state index >= 15 is 0 Å². The second kappa shape index (κ2) is 11.4. The maximum Gasteiger partial charge on any atom is 0.157 e. The van der Waals surface area contributed by atoms with Crippen molar-refractivity contribution in [1.29, 1.82) is 5.26 Å². The summed E-state index contributed by atoms with van der Waals surface area (Å²) in [5.41, 5.74) is 6.53. The maximum absolute atomic E-state index is 10.2. The topological polar surface area (TPSA) is 56.8 Å². The van der Waals surface area contributed by atoms with Crippen molar-refractivity contribution < 1.29 is 4.74 Å². The van der Waals surface area contributed by atoms with Gasteiger partial charge in [0.25, 0.3) is 0 Å². The molecule has 0 bridgehead atoms. The third-order valence-electron chi connectivity index (χ3n) is 7.66. The Balaban J connectivity index is 1.32. The minimum atomic E-state index is 0.621. The number of pyridine rings is 1. The first-order chi connectivity index (χ1) is 19.5. The Morgan fingerprint density at radius 2 is 1.57 bits per heavy atom. The van der Waals surface area contributed by atoms with Crippen LogP contribution >= 0.6 is 23.2 Å². The molecule has 1 fully saturated rings. The highest BCUT2D eigenvalue weighted by atomic mass is 35.5. The minimum Gasteiger partial charge on any atom is -0.492 e. The lowest BCUT2D eigenvalue weighted by molar-refractivity contribution is 0.200. The third-order valence-corrected chi connectivity index (χ3v) is 8.17. The Morgan fingerprint density at radius 3 is 2.27 bits per heavy atom. The summed E-state index contributed by atoms with van der Waals surface area (Å²) in [6, 6.07) is 26.0. The van der Waals surface area contributed by atoms with E-state index in [1.54, 1.807) is 0 Å². The number of hydrogen-bond acceptors (Lipinski definition) is 5. The number of rotatable bonds is 7. The predicted octanol–water partition coefficient (Wildman–Crippen LogP) is 6.77. The van der Waals surface area contributed by atoms with Crippen LogP contribution in [0.1, 0.15) is 22.3 Å². The number of nitriles is 1. The number of para-hydroxylation sites is 2. The maximum atomic E-state index is 10.2. The number of benzene rings is 3. The fourth-order valence-corrected chi connectivity index (χ4v) is 5.77. The second-order valence-electron chi connectivity index (χ2n) is 10.1. The monoisotopic (exact) mass is 569 g/mol. The van der Waals surface area contributed by atoms with Gasteiger partial charge in [0.2, 0.25) is 0 Å². The zero-order chi connectivity index (χ0) is 27.6. The van der Waals surface area contributed by atoms with Gasteiger partial charge in [-0.15, -0.1) is 0 Å². The smallest absolute Gasteiger partial charge is 0.157 e. The molecule has 0 saturated carbocycles. The lowest BCUT2D eigenvalue weighted by Gasteiger charge is -2.37. The number of ether oxygens (including phenoxy) is 1. The van der Waals surface area contributed by atoms with Crippen molar-refractivity contribution in [3.05, 3.63) is 105 Å². The number of nitrogens with zero attached hydrogens (tertiary/aromatic N) is 5. The highest BCUT2D eigenvalue weighted by Gasteiger charge is 2.27. The number of halogens is 2. The van der Waals surface area contributed by atoms with Crippen LogP contribution in [0.5, 0.6) is 5.75 Å². The van der Waals surface area contributed by atoms with Crippen molar-refractivity contribution in [2.45, 2.75) is 13.3 Å². The first-order valence-electron chi connectivity index (χ1n) is 13.4. The average Bonchev–Trinajstić information content (AvgIpc) is 3.35. The SMILES string of the molecule is Cc1c(Cc2ccc(Cl)cc2)c(N2CCN(CCOc3ccc(Cl)cc3)CC2)n2c(nc3ccccc32)c1C#N. The fourth-order valence-electron chi connectivity index (χ4n) is 5.52. The van der Waals surface area contributed by atoms with Gasteiger partial charge in [0.1, 0.15) is 24.2 Å². The number of imidazole rings is 1. The molecule has 0 radical (unpaired) electrons. The van der Waals surface area contributed by atoms with E-state index in [-0.39, 0.29) is 0 Å². The summed E-state index contributed by atoms with van der Waals surface area (Å²) in [5, 5.41) is 11.6. The fraction of sp³-hybridized carbons (Fsp3) is 0.250. The number of anilines is 1. The van der Waals surface area contributed by atoms with Crippen LogP contribution in [0, 0.1) is 18.3 Å². The van der Waals surface area contributed by atoms with Crippen LogP contribution < -0.4 is 9.64 Å². The van der Waals surface area contributed by atoms with Crippen LogP contribution in [0.15, 0.2) is 72.8 Å². The summed E-state index contributed by atoms with van der Waals surface area (Å²) in [7, 11) is 0. The van der Waals surface area contributed by atoms with Crippen molar-refractivity contribution in [3.8, 4) is 11.8 Å². The molecule has 0 unspecified atom stereocenters. The minimum absolute atomic E-state index is 0.621. The van der Waals surface area contributed by atoms with Crippen molar-refractivity contribution in [1.82, 2.24) is 14.3 Å². The van der Waals surface area contributed by atoms with E-state index < -0.39 is 0 Å². The van der Waals surface area contributed by atoms with Gasteiger partial charge in [-0.05, 0) is 66.6 Å². The normalized spacial score (nSPS) is 14.1. The van der Waals surface area contributed by atoms with Crippen molar-refractivity contribution in [2.75, 3.05) is 44.2 Å². The number of piperazine rings is 1. The molecule has 1 saturated heterocycles. The molecule has 3 heterocycles. The molecule has 1 aliphatic heterocycles. The molecule has 0 amide bonds. The standard InChI is InChI=1S/C32H29Cl2N5O/c1-22-27(20-23-6-8-24(33)9-7-23)32(39-30-5-3-2-4-29(30)36-31(39)28(22)21-35)38-16-14-37(15-17-38)18-19-40-26-12-10-25(34)11-13-26/h2-13H,14-20H2,1H3. The van der Waals surface area contributed by atoms with E-state index in [9.17, 15) is 5.26 Å². The molecule has 6 nitrogen and oxygen atoms in total. The van der Waals surface area contributed by atoms with Crippen LogP contribution in [0.4, 0.5) is 5.82 Å². The average molecular weight is 571 g/mol. The van der Waals surface area contributed by atoms with Gasteiger partial charge in [0, 0.05) is 54.8 Å². The zero-order valence-electron chi connectivity index (χ0n) is 22.3. The molecule has 0 spiro atoms. The number of aromatic nitrogens is 2. The van der Waals surface area contributed by atoms with E-state index in [0.717, 1.165) is 77.7 Å². The third kappa shape index (κ3) is 5.21. The highest BCUT2D eigenvalue weighted by Crippen LogP contribution is 2.35. The van der Waals surface area contributed by atoms with E-state index in [1.165, 1.54) is 0 Å².